The molecule has 2 rings (SSSR count). The van der Waals surface area contributed by atoms with E-state index in [1.807, 2.05) is 12.1 Å². The maximum Gasteiger partial charge on any atom is 0.303 e. The van der Waals surface area contributed by atoms with Crippen LogP contribution < -0.4 is 5.32 Å². The summed E-state index contributed by atoms with van der Waals surface area (Å²) in [5, 5.41) is 19.9. The number of carboxylic acids is 1. The van der Waals surface area contributed by atoms with Crippen LogP contribution in [0, 0.1) is 0 Å². The third-order valence-corrected chi connectivity index (χ3v) is 3.20. The van der Waals surface area contributed by atoms with Crippen molar-refractivity contribution in [3.63, 3.8) is 0 Å². The van der Waals surface area contributed by atoms with Crippen molar-refractivity contribution in [2.45, 2.75) is 31.6 Å². The Morgan fingerprint density at radius 1 is 1.37 bits per heavy atom. The lowest BCUT2D eigenvalue weighted by atomic mass is 9.96. The highest BCUT2D eigenvalue weighted by molar-refractivity contribution is 5.66. The van der Waals surface area contributed by atoms with E-state index in [1.54, 1.807) is 0 Å². The van der Waals surface area contributed by atoms with E-state index in [-0.39, 0.29) is 6.42 Å². The molecule has 0 radical (unpaired) electrons. The molecule has 1 aromatic heterocycles. The molecule has 0 aromatic carbocycles. The third kappa shape index (κ3) is 4.48. The second-order valence-corrected chi connectivity index (χ2v) is 4.65. The molecule has 6 heteroatoms. The van der Waals surface area contributed by atoms with E-state index < -0.39 is 5.97 Å². The molecule has 0 aliphatic carbocycles. The first-order valence-electron chi connectivity index (χ1n) is 6.63. The van der Waals surface area contributed by atoms with Crippen molar-refractivity contribution in [1.82, 2.24) is 10.2 Å². The molecule has 19 heavy (non-hydrogen) atoms. The third-order valence-electron chi connectivity index (χ3n) is 3.20. The number of aliphatic carboxylic acids is 1. The normalized spacial score (nSPS) is 16.2. The summed E-state index contributed by atoms with van der Waals surface area (Å²) >= 11 is 0. The van der Waals surface area contributed by atoms with Gasteiger partial charge in [0.1, 0.15) is 5.82 Å². The van der Waals surface area contributed by atoms with Crippen LogP contribution in [0.4, 0.5) is 5.82 Å². The van der Waals surface area contributed by atoms with E-state index in [0.29, 0.717) is 24.7 Å². The molecular weight excluding hydrogens is 246 g/mol. The van der Waals surface area contributed by atoms with Gasteiger partial charge in [-0.25, -0.2) is 0 Å². The van der Waals surface area contributed by atoms with Crippen LogP contribution in [0.2, 0.25) is 0 Å². The van der Waals surface area contributed by atoms with Crippen LogP contribution in [0.15, 0.2) is 12.1 Å². The molecule has 0 amide bonds. The van der Waals surface area contributed by atoms with Crippen molar-refractivity contribution in [3.8, 4) is 0 Å². The molecule has 0 spiro atoms. The number of nitrogens with one attached hydrogen (secondary N) is 1. The summed E-state index contributed by atoms with van der Waals surface area (Å²) in [6, 6.07) is 3.89. The number of aromatic nitrogens is 2. The smallest absolute Gasteiger partial charge is 0.303 e. The van der Waals surface area contributed by atoms with Gasteiger partial charge in [-0.2, -0.15) is 5.10 Å². The van der Waals surface area contributed by atoms with Gasteiger partial charge in [-0.05, 0) is 31.4 Å². The Kier molecular flexibility index (Phi) is 5.09. The highest BCUT2D eigenvalue weighted by Crippen LogP contribution is 2.24. The van der Waals surface area contributed by atoms with Crippen LogP contribution in [-0.4, -0.2) is 41.0 Å². The fourth-order valence-corrected chi connectivity index (χ4v) is 2.10. The number of hydrogen-bond acceptors (Lipinski definition) is 5. The van der Waals surface area contributed by atoms with E-state index in [1.165, 1.54) is 0 Å². The zero-order valence-electron chi connectivity index (χ0n) is 10.8. The molecule has 2 N–H and O–H groups in total. The van der Waals surface area contributed by atoms with E-state index in [2.05, 4.69) is 15.5 Å². The molecule has 0 saturated carbocycles. The molecule has 104 valence electrons. The minimum atomic E-state index is -0.775. The van der Waals surface area contributed by atoms with Crippen molar-refractivity contribution in [2.24, 2.45) is 0 Å². The van der Waals surface area contributed by atoms with Crippen LogP contribution in [-0.2, 0) is 9.53 Å². The number of nitrogens with zero attached hydrogens (tertiary/aromatic N) is 2. The molecule has 1 saturated heterocycles. The first-order chi connectivity index (χ1) is 9.25. The molecule has 0 atom stereocenters. The molecule has 6 nitrogen and oxygen atoms in total. The lowest BCUT2D eigenvalue weighted by Gasteiger charge is -2.21. The zero-order chi connectivity index (χ0) is 13.5. The molecular formula is C13H19N3O3. The molecule has 2 heterocycles. The Morgan fingerprint density at radius 3 is 2.79 bits per heavy atom. The Labute approximate surface area is 112 Å². The molecule has 1 aliphatic rings. The topological polar surface area (TPSA) is 84.3 Å². The minimum Gasteiger partial charge on any atom is -0.481 e. The van der Waals surface area contributed by atoms with Gasteiger partial charge in [0.2, 0.25) is 0 Å². The number of hydrogen-bond donors (Lipinski definition) is 2. The second kappa shape index (κ2) is 7.04. The van der Waals surface area contributed by atoms with Gasteiger partial charge in [-0.15, -0.1) is 5.10 Å². The fourth-order valence-electron chi connectivity index (χ4n) is 2.10. The monoisotopic (exact) mass is 265 g/mol. The molecule has 1 fully saturated rings. The van der Waals surface area contributed by atoms with Gasteiger partial charge in [-0.3, -0.25) is 4.79 Å². The van der Waals surface area contributed by atoms with E-state index in [4.69, 9.17) is 9.84 Å². The molecule has 0 unspecified atom stereocenters. The largest absolute Gasteiger partial charge is 0.481 e. The van der Waals surface area contributed by atoms with Crippen LogP contribution in [0.5, 0.6) is 0 Å². The van der Waals surface area contributed by atoms with Crippen LogP contribution in [0.1, 0.15) is 37.3 Å². The highest BCUT2D eigenvalue weighted by Gasteiger charge is 2.17. The summed E-state index contributed by atoms with van der Waals surface area (Å²) in [7, 11) is 0. The van der Waals surface area contributed by atoms with Gasteiger partial charge in [-0.1, -0.05) is 0 Å². The maximum absolute atomic E-state index is 10.4. The van der Waals surface area contributed by atoms with Gasteiger partial charge in [0, 0.05) is 32.1 Å². The van der Waals surface area contributed by atoms with Crippen LogP contribution >= 0.6 is 0 Å². The first-order valence-corrected chi connectivity index (χ1v) is 6.63. The Bertz CT molecular complexity index is 402. The summed E-state index contributed by atoms with van der Waals surface area (Å²) < 4.78 is 5.32. The van der Waals surface area contributed by atoms with E-state index in [0.717, 1.165) is 31.7 Å². The van der Waals surface area contributed by atoms with Gasteiger partial charge in [0.05, 0.1) is 5.69 Å². The van der Waals surface area contributed by atoms with Crippen molar-refractivity contribution in [2.75, 3.05) is 25.1 Å². The number of rotatable bonds is 6. The number of ether oxygens (including phenoxy) is 1. The summed E-state index contributed by atoms with van der Waals surface area (Å²) in [5.41, 5.74) is 1.01. The van der Waals surface area contributed by atoms with Crippen LogP contribution in [0.25, 0.3) is 0 Å². The van der Waals surface area contributed by atoms with Gasteiger partial charge < -0.3 is 15.2 Å². The fraction of sp³-hybridized carbons (Fsp3) is 0.615. The number of carboxylic acid groups (broad SMARTS) is 1. The summed E-state index contributed by atoms with van der Waals surface area (Å²) in [4.78, 5) is 10.4. The van der Waals surface area contributed by atoms with Crippen molar-refractivity contribution < 1.29 is 14.6 Å². The zero-order valence-corrected chi connectivity index (χ0v) is 10.8. The SMILES string of the molecule is O=C(O)CCCNc1ccc(C2CCOCC2)nn1. The predicted molar refractivity (Wildman–Crippen MR) is 70.2 cm³/mol. The average molecular weight is 265 g/mol. The van der Waals surface area contributed by atoms with Crippen molar-refractivity contribution >= 4 is 11.8 Å². The Balaban J connectivity index is 1.79. The Hall–Kier alpha value is -1.69. The van der Waals surface area contributed by atoms with Crippen molar-refractivity contribution in [3.05, 3.63) is 17.8 Å². The van der Waals surface area contributed by atoms with Gasteiger partial charge in [0.15, 0.2) is 0 Å². The Morgan fingerprint density at radius 2 is 2.16 bits per heavy atom. The number of carbonyl (C=O) groups is 1. The number of anilines is 1. The summed E-state index contributed by atoms with van der Waals surface area (Å²) in [6.45, 7) is 2.18. The average Bonchev–Trinajstić information content (AvgIpc) is 2.45. The summed E-state index contributed by atoms with van der Waals surface area (Å²) in [6.07, 6.45) is 2.75. The van der Waals surface area contributed by atoms with Gasteiger partial charge in [0.25, 0.3) is 0 Å². The minimum absolute atomic E-state index is 0.167. The van der Waals surface area contributed by atoms with E-state index in [9.17, 15) is 4.79 Å². The summed E-state index contributed by atoms with van der Waals surface area (Å²) in [5.74, 6) is 0.367. The lowest BCUT2D eigenvalue weighted by Crippen LogP contribution is -2.16. The molecule has 1 aromatic rings. The quantitative estimate of drug-likeness (QED) is 0.761. The second-order valence-electron chi connectivity index (χ2n) is 4.65. The molecule has 1 aliphatic heterocycles. The lowest BCUT2D eigenvalue weighted by molar-refractivity contribution is -0.137. The maximum atomic E-state index is 10.4. The first kappa shape index (κ1) is 13.7. The molecule has 0 bridgehead atoms. The highest BCUT2D eigenvalue weighted by atomic mass is 16.5. The predicted octanol–water partition coefficient (Wildman–Crippen LogP) is 1.65. The van der Waals surface area contributed by atoms with Crippen molar-refractivity contribution in [1.29, 1.82) is 0 Å². The van der Waals surface area contributed by atoms with E-state index >= 15 is 0 Å². The van der Waals surface area contributed by atoms with Crippen LogP contribution in [0.3, 0.4) is 0 Å². The van der Waals surface area contributed by atoms with Gasteiger partial charge >= 0.3 is 5.97 Å². The standard InChI is InChI=1S/C13H19N3O3/c17-13(18)2-1-7-14-12-4-3-11(15-16-12)10-5-8-19-9-6-10/h3-4,10H,1-2,5-9H2,(H,14,16)(H,17,18).